The predicted molar refractivity (Wildman–Crippen MR) is 21.7 cm³/mol. The van der Waals surface area contributed by atoms with Gasteiger partial charge in [-0.2, -0.15) is 0 Å². The first-order chi connectivity index (χ1) is 2.81. The predicted octanol–water partition coefficient (Wildman–Crippen LogP) is 0.731. The second-order valence-electron chi connectivity index (χ2n) is 0.870. The lowest BCUT2D eigenvalue weighted by Crippen LogP contribution is -1.93. The van der Waals surface area contributed by atoms with Crippen molar-refractivity contribution < 1.29 is 9.53 Å². The molecule has 0 bridgehead atoms. The summed E-state index contributed by atoms with van der Waals surface area (Å²) in [7, 11) is 2.91. The lowest BCUT2D eigenvalue weighted by Gasteiger charge is -1.86. The zero-order valence-electron chi connectivity index (χ0n) is 3.73. The Morgan fingerprint density at radius 1 is 2.00 bits per heavy atom. The van der Waals surface area contributed by atoms with Crippen molar-refractivity contribution in [3.8, 4) is 0 Å². The lowest BCUT2D eigenvalue weighted by molar-refractivity contribution is -0.138. The second kappa shape index (κ2) is 2.69. The smallest absolute Gasteiger partial charge is 0.305 e. The summed E-state index contributed by atoms with van der Waals surface area (Å²) in [5.41, 5.74) is 0. The van der Waals surface area contributed by atoms with Crippen LogP contribution in [0.1, 0.15) is 13.3 Å². The van der Waals surface area contributed by atoms with Crippen molar-refractivity contribution in [3.63, 3.8) is 0 Å². The molecule has 0 heterocycles. The molecule has 1 radical (unpaired) electrons. The molecular weight excluding hydrogens is 80.0 g/mol. The Bertz CT molecular complexity index is 43.5. The maximum atomic E-state index is 9.90. The van der Waals surface area contributed by atoms with E-state index in [0.29, 0.717) is 6.42 Å². The van der Waals surface area contributed by atoms with Crippen molar-refractivity contribution >= 4 is 5.97 Å². The molecule has 0 fully saturated rings. The minimum atomic E-state index is -0.269. The van der Waals surface area contributed by atoms with Crippen LogP contribution in [0, 0.1) is 7.11 Å². The number of carbonyl (C=O) groups is 1. The molecule has 0 atom stereocenters. The van der Waals surface area contributed by atoms with Crippen LogP contribution in [-0.4, -0.2) is 5.97 Å². The average molecular weight is 87.1 g/mol. The normalized spacial score (nSPS) is 7.67. The quantitative estimate of drug-likeness (QED) is 0.441. The van der Waals surface area contributed by atoms with Crippen molar-refractivity contribution in [1.29, 1.82) is 0 Å². The zero-order valence-corrected chi connectivity index (χ0v) is 3.73. The van der Waals surface area contributed by atoms with Crippen LogP contribution < -0.4 is 0 Å². The van der Waals surface area contributed by atoms with Gasteiger partial charge in [0.05, 0.1) is 0 Å². The SMILES string of the molecule is [CH2]OC(=O)CC. The number of ether oxygens (including phenoxy) is 1. The first kappa shape index (κ1) is 5.47. The monoisotopic (exact) mass is 87.0 g/mol. The van der Waals surface area contributed by atoms with Gasteiger partial charge in [-0.25, -0.2) is 0 Å². The summed E-state index contributed by atoms with van der Waals surface area (Å²) in [5.74, 6) is -0.269. The van der Waals surface area contributed by atoms with Crippen LogP contribution in [0.2, 0.25) is 0 Å². The van der Waals surface area contributed by atoms with E-state index in [-0.39, 0.29) is 5.97 Å². The van der Waals surface area contributed by atoms with E-state index in [9.17, 15) is 4.79 Å². The Hall–Kier alpha value is -0.530. The Labute approximate surface area is 37.1 Å². The number of hydrogen-bond donors (Lipinski definition) is 0. The van der Waals surface area contributed by atoms with Gasteiger partial charge >= 0.3 is 5.97 Å². The standard InChI is InChI=1S/C4H7O2/c1-3-4(5)6-2/h2-3H2,1H3. The van der Waals surface area contributed by atoms with Crippen LogP contribution >= 0.6 is 0 Å². The fourth-order valence-corrected chi connectivity index (χ4v) is 0.102. The molecule has 0 spiro atoms. The molecule has 0 aromatic carbocycles. The molecule has 35 valence electrons. The van der Waals surface area contributed by atoms with Gasteiger partial charge in [-0.15, -0.1) is 0 Å². The molecule has 0 aliphatic carbocycles. The van der Waals surface area contributed by atoms with Gasteiger partial charge in [-0.05, 0) is 0 Å². The molecule has 0 aliphatic heterocycles. The molecule has 0 aliphatic rings. The average Bonchev–Trinajstić information content (AvgIpc) is 1.65. The van der Waals surface area contributed by atoms with Crippen LogP contribution in [-0.2, 0) is 9.53 Å². The highest BCUT2D eigenvalue weighted by Gasteiger charge is 1.87. The molecule has 0 saturated heterocycles. The highest BCUT2D eigenvalue weighted by Crippen LogP contribution is 1.77. The zero-order chi connectivity index (χ0) is 4.99. The van der Waals surface area contributed by atoms with Gasteiger partial charge in [0.25, 0.3) is 0 Å². The fourth-order valence-electron chi connectivity index (χ4n) is 0.102. The highest BCUT2D eigenvalue weighted by atomic mass is 16.5. The lowest BCUT2D eigenvalue weighted by atomic mass is 10.5. The third-order valence-electron chi connectivity index (χ3n) is 0.450. The Morgan fingerprint density at radius 3 is 2.50 bits per heavy atom. The van der Waals surface area contributed by atoms with Crippen molar-refractivity contribution in [1.82, 2.24) is 0 Å². The summed E-state index contributed by atoms with van der Waals surface area (Å²) in [6, 6.07) is 0. The molecule has 6 heavy (non-hydrogen) atoms. The van der Waals surface area contributed by atoms with Gasteiger partial charge < -0.3 is 4.74 Å². The molecule has 0 N–H and O–H groups in total. The molecule has 0 saturated carbocycles. The van der Waals surface area contributed by atoms with Gasteiger partial charge in [0.2, 0.25) is 0 Å². The van der Waals surface area contributed by atoms with E-state index in [1.54, 1.807) is 6.92 Å². The Balaban J connectivity index is 2.99. The maximum absolute atomic E-state index is 9.90. The third-order valence-corrected chi connectivity index (χ3v) is 0.450. The largest absolute Gasteiger partial charge is 0.462 e. The third kappa shape index (κ3) is 1.76. The number of hydrogen-bond acceptors (Lipinski definition) is 2. The minimum Gasteiger partial charge on any atom is -0.462 e. The number of esters is 1. The van der Waals surface area contributed by atoms with E-state index in [0.717, 1.165) is 0 Å². The highest BCUT2D eigenvalue weighted by molar-refractivity contribution is 5.68. The molecule has 0 unspecified atom stereocenters. The molecule has 2 nitrogen and oxygen atoms in total. The summed E-state index contributed by atoms with van der Waals surface area (Å²) < 4.78 is 4.01. The van der Waals surface area contributed by atoms with Gasteiger partial charge in [0.15, 0.2) is 0 Å². The molecular formula is C4H7O2. The van der Waals surface area contributed by atoms with Crippen LogP contribution in [0.4, 0.5) is 0 Å². The number of rotatable bonds is 1. The Kier molecular flexibility index (Phi) is 2.46. The Morgan fingerprint density at radius 2 is 2.50 bits per heavy atom. The molecule has 0 aromatic rings. The first-order valence-corrected chi connectivity index (χ1v) is 1.76. The maximum Gasteiger partial charge on any atom is 0.305 e. The van der Waals surface area contributed by atoms with Crippen molar-refractivity contribution in [2.45, 2.75) is 13.3 Å². The van der Waals surface area contributed by atoms with Crippen LogP contribution in [0.5, 0.6) is 0 Å². The first-order valence-electron chi connectivity index (χ1n) is 1.76. The topological polar surface area (TPSA) is 26.3 Å². The molecule has 2 heteroatoms. The minimum absolute atomic E-state index is 0.269. The molecule has 0 amide bonds. The van der Waals surface area contributed by atoms with E-state index >= 15 is 0 Å². The van der Waals surface area contributed by atoms with Gasteiger partial charge in [0, 0.05) is 6.42 Å². The van der Waals surface area contributed by atoms with Gasteiger partial charge in [0.1, 0.15) is 7.11 Å². The summed E-state index contributed by atoms with van der Waals surface area (Å²) in [4.78, 5) is 9.90. The summed E-state index contributed by atoms with van der Waals surface area (Å²) in [5, 5.41) is 0. The van der Waals surface area contributed by atoms with Crippen LogP contribution in [0.3, 0.4) is 0 Å². The summed E-state index contributed by atoms with van der Waals surface area (Å²) in [6.45, 7) is 1.72. The van der Waals surface area contributed by atoms with E-state index in [1.807, 2.05) is 0 Å². The van der Waals surface area contributed by atoms with E-state index in [2.05, 4.69) is 11.8 Å². The van der Waals surface area contributed by atoms with Crippen molar-refractivity contribution in [2.75, 3.05) is 0 Å². The van der Waals surface area contributed by atoms with Crippen molar-refractivity contribution in [2.24, 2.45) is 0 Å². The number of carbonyl (C=O) groups excluding carboxylic acids is 1. The molecule has 0 rings (SSSR count). The van der Waals surface area contributed by atoms with Crippen molar-refractivity contribution in [3.05, 3.63) is 7.11 Å². The van der Waals surface area contributed by atoms with E-state index in [4.69, 9.17) is 0 Å². The summed E-state index contributed by atoms with van der Waals surface area (Å²) in [6.07, 6.45) is 0.406. The van der Waals surface area contributed by atoms with E-state index in [1.165, 1.54) is 0 Å². The van der Waals surface area contributed by atoms with Crippen LogP contribution in [0.25, 0.3) is 0 Å². The van der Waals surface area contributed by atoms with E-state index < -0.39 is 0 Å². The fraction of sp³-hybridized carbons (Fsp3) is 0.500. The van der Waals surface area contributed by atoms with Gasteiger partial charge in [-0.1, -0.05) is 6.92 Å². The van der Waals surface area contributed by atoms with Gasteiger partial charge in [-0.3, -0.25) is 4.79 Å². The second-order valence-corrected chi connectivity index (χ2v) is 0.870. The van der Waals surface area contributed by atoms with Crippen LogP contribution in [0.15, 0.2) is 0 Å². The molecule has 0 aromatic heterocycles. The summed E-state index contributed by atoms with van der Waals surface area (Å²) >= 11 is 0.